The van der Waals surface area contributed by atoms with Crippen LogP contribution >= 0.6 is 0 Å². The summed E-state index contributed by atoms with van der Waals surface area (Å²) in [5.74, 6) is -0.516. The van der Waals surface area contributed by atoms with Crippen LogP contribution in [0.2, 0.25) is 0 Å². The Kier molecular flexibility index (Phi) is 4.51. The van der Waals surface area contributed by atoms with Crippen molar-refractivity contribution in [3.63, 3.8) is 0 Å². The number of carboxylic acids is 1. The molecule has 1 amide bonds. The van der Waals surface area contributed by atoms with Crippen molar-refractivity contribution in [2.24, 2.45) is 0 Å². The van der Waals surface area contributed by atoms with Gasteiger partial charge in [-0.3, -0.25) is 4.79 Å². The molecule has 0 bridgehead atoms. The molecule has 92 valence electrons. The van der Waals surface area contributed by atoms with Crippen molar-refractivity contribution < 1.29 is 19.4 Å². The lowest BCUT2D eigenvalue weighted by Gasteiger charge is -2.07. The van der Waals surface area contributed by atoms with E-state index in [1.54, 1.807) is 12.1 Å². The van der Waals surface area contributed by atoms with Gasteiger partial charge in [0.15, 0.2) is 0 Å². The molecule has 1 aromatic carbocycles. The average Bonchev–Trinajstić information content (AvgIpc) is 2.23. The number of aryl methyl sites for hydroxylation is 2. The van der Waals surface area contributed by atoms with Gasteiger partial charge < -0.3 is 15.2 Å². The molecular formula is C12H15NO4. The zero-order valence-corrected chi connectivity index (χ0v) is 9.82. The van der Waals surface area contributed by atoms with Crippen molar-refractivity contribution in [2.75, 3.05) is 6.54 Å². The lowest BCUT2D eigenvalue weighted by Crippen LogP contribution is -2.28. The molecule has 5 heteroatoms. The molecule has 2 N–H and O–H groups in total. The number of hydrogen-bond donors (Lipinski definition) is 2. The van der Waals surface area contributed by atoms with Crippen molar-refractivity contribution in [2.45, 2.75) is 20.3 Å². The van der Waals surface area contributed by atoms with E-state index < -0.39 is 12.1 Å². The van der Waals surface area contributed by atoms with E-state index in [0.29, 0.717) is 5.75 Å². The summed E-state index contributed by atoms with van der Waals surface area (Å²) in [7, 11) is 0. The summed E-state index contributed by atoms with van der Waals surface area (Å²) < 4.78 is 4.99. The Bertz CT molecular complexity index is 429. The van der Waals surface area contributed by atoms with Gasteiger partial charge in [0.1, 0.15) is 5.75 Å². The largest absolute Gasteiger partial charge is 0.481 e. The number of ether oxygens (including phenoxy) is 1. The van der Waals surface area contributed by atoms with E-state index in [2.05, 4.69) is 5.32 Å². The summed E-state index contributed by atoms with van der Waals surface area (Å²) in [5, 5.41) is 10.7. The minimum Gasteiger partial charge on any atom is -0.481 e. The number of rotatable bonds is 4. The van der Waals surface area contributed by atoms with Crippen LogP contribution in [-0.4, -0.2) is 23.7 Å². The maximum absolute atomic E-state index is 11.3. The van der Waals surface area contributed by atoms with E-state index in [1.165, 1.54) is 0 Å². The van der Waals surface area contributed by atoms with E-state index >= 15 is 0 Å². The molecule has 0 atom stereocenters. The summed E-state index contributed by atoms with van der Waals surface area (Å²) >= 11 is 0. The molecule has 1 rings (SSSR count). The van der Waals surface area contributed by atoms with E-state index in [0.717, 1.165) is 11.1 Å². The first-order valence-electron chi connectivity index (χ1n) is 5.24. The molecule has 5 nitrogen and oxygen atoms in total. The highest BCUT2D eigenvalue weighted by Crippen LogP contribution is 2.16. The van der Waals surface area contributed by atoms with Gasteiger partial charge in [-0.1, -0.05) is 6.07 Å². The first-order chi connectivity index (χ1) is 7.99. The second-order valence-electron chi connectivity index (χ2n) is 3.71. The molecule has 0 saturated carbocycles. The Labute approximate surface area is 99.4 Å². The third kappa shape index (κ3) is 4.55. The standard InChI is InChI=1S/C12H15NO4/c1-8-3-4-10(7-9(8)2)17-12(16)13-6-5-11(14)15/h3-4,7H,5-6H2,1-2H3,(H,13,16)(H,14,15). The van der Waals surface area contributed by atoms with Gasteiger partial charge >= 0.3 is 12.1 Å². The van der Waals surface area contributed by atoms with Crippen LogP contribution in [-0.2, 0) is 4.79 Å². The van der Waals surface area contributed by atoms with Gasteiger partial charge in [0.2, 0.25) is 0 Å². The third-order valence-corrected chi connectivity index (χ3v) is 2.30. The number of amides is 1. The normalized spacial score (nSPS) is 9.76. The van der Waals surface area contributed by atoms with Crippen molar-refractivity contribution in [1.82, 2.24) is 5.32 Å². The SMILES string of the molecule is Cc1ccc(OC(=O)NCCC(=O)O)cc1C. The fourth-order valence-electron chi connectivity index (χ4n) is 1.19. The van der Waals surface area contributed by atoms with Crippen LogP contribution in [0.3, 0.4) is 0 Å². The molecule has 0 fully saturated rings. The summed E-state index contributed by atoms with van der Waals surface area (Å²) in [6.45, 7) is 3.94. The monoisotopic (exact) mass is 237 g/mol. The second kappa shape index (κ2) is 5.89. The first-order valence-corrected chi connectivity index (χ1v) is 5.24. The first kappa shape index (κ1) is 13.0. The molecule has 0 radical (unpaired) electrons. The van der Waals surface area contributed by atoms with Gasteiger partial charge in [-0.25, -0.2) is 4.79 Å². The molecule has 0 spiro atoms. The minimum absolute atomic E-state index is 0.0546. The number of hydrogen-bond acceptors (Lipinski definition) is 3. The molecular weight excluding hydrogens is 222 g/mol. The summed E-state index contributed by atoms with van der Waals surface area (Å²) in [4.78, 5) is 21.5. The number of benzene rings is 1. The van der Waals surface area contributed by atoms with Gasteiger partial charge in [-0.05, 0) is 37.1 Å². The van der Waals surface area contributed by atoms with Crippen LogP contribution in [0, 0.1) is 13.8 Å². The van der Waals surface area contributed by atoms with Crippen molar-refractivity contribution in [1.29, 1.82) is 0 Å². The fraction of sp³-hybridized carbons (Fsp3) is 0.333. The van der Waals surface area contributed by atoms with Crippen molar-refractivity contribution in [3.05, 3.63) is 29.3 Å². The van der Waals surface area contributed by atoms with Gasteiger partial charge in [0, 0.05) is 6.54 Å². The van der Waals surface area contributed by atoms with Crippen molar-refractivity contribution >= 4 is 12.1 Å². The molecule has 0 unspecified atom stereocenters. The fourth-order valence-corrected chi connectivity index (χ4v) is 1.19. The van der Waals surface area contributed by atoms with E-state index in [1.807, 2.05) is 19.9 Å². The quantitative estimate of drug-likeness (QED) is 0.838. The topological polar surface area (TPSA) is 75.6 Å². The molecule has 0 aliphatic rings. The molecule has 0 aromatic heterocycles. The van der Waals surface area contributed by atoms with Gasteiger partial charge in [-0.15, -0.1) is 0 Å². The van der Waals surface area contributed by atoms with Crippen molar-refractivity contribution in [3.8, 4) is 5.75 Å². The van der Waals surface area contributed by atoms with Gasteiger partial charge in [0.05, 0.1) is 6.42 Å². The third-order valence-electron chi connectivity index (χ3n) is 2.30. The molecule has 0 saturated heterocycles. The van der Waals surface area contributed by atoms with Crippen LogP contribution in [0.1, 0.15) is 17.5 Å². The van der Waals surface area contributed by atoms with Crippen LogP contribution in [0.5, 0.6) is 5.75 Å². The zero-order valence-electron chi connectivity index (χ0n) is 9.82. The van der Waals surface area contributed by atoms with E-state index in [9.17, 15) is 9.59 Å². The summed E-state index contributed by atoms with van der Waals surface area (Å²) in [5.41, 5.74) is 2.14. The highest BCUT2D eigenvalue weighted by Gasteiger charge is 2.05. The molecule has 1 aromatic rings. The Morgan fingerprint density at radius 2 is 2.00 bits per heavy atom. The minimum atomic E-state index is -0.962. The van der Waals surface area contributed by atoms with E-state index in [-0.39, 0.29) is 13.0 Å². The predicted octanol–water partition coefficient (Wildman–Crippen LogP) is 1.87. The zero-order chi connectivity index (χ0) is 12.8. The molecule has 0 aliphatic heterocycles. The highest BCUT2D eigenvalue weighted by atomic mass is 16.6. The van der Waals surface area contributed by atoms with Gasteiger partial charge in [-0.2, -0.15) is 0 Å². The number of carbonyl (C=O) groups excluding carboxylic acids is 1. The Morgan fingerprint density at radius 3 is 2.59 bits per heavy atom. The molecule has 17 heavy (non-hydrogen) atoms. The number of aliphatic carboxylic acids is 1. The number of carbonyl (C=O) groups is 2. The second-order valence-corrected chi connectivity index (χ2v) is 3.71. The van der Waals surface area contributed by atoms with Crippen LogP contribution in [0.25, 0.3) is 0 Å². The van der Waals surface area contributed by atoms with Crippen LogP contribution in [0.15, 0.2) is 18.2 Å². The van der Waals surface area contributed by atoms with Crippen LogP contribution < -0.4 is 10.1 Å². The average molecular weight is 237 g/mol. The number of carboxylic acid groups (broad SMARTS) is 1. The Hall–Kier alpha value is -2.04. The van der Waals surface area contributed by atoms with Crippen LogP contribution in [0.4, 0.5) is 4.79 Å². The lowest BCUT2D eigenvalue weighted by molar-refractivity contribution is -0.136. The smallest absolute Gasteiger partial charge is 0.412 e. The molecule has 0 aliphatic carbocycles. The maximum Gasteiger partial charge on any atom is 0.412 e. The predicted molar refractivity (Wildman–Crippen MR) is 62.2 cm³/mol. The lowest BCUT2D eigenvalue weighted by atomic mass is 10.1. The summed E-state index contributed by atoms with van der Waals surface area (Å²) in [6, 6.07) is 5.31. The Balaban J connectivity index is 2.45. The summed E-state index contributed by atoms with van der Waals surface area (Å²) in [6.07, 6.45) is -0.767. The van der Waals surface area contributed by atoms with Gasteiger partial charge in [0.25, 0.3) is 0 Å². The highest BCUT2D eigenvalue weighted by molar-refractivity contribution is 5.72. The van der Waals surface area contributed by atoms with E-state index in [4.69, 9.17) is 9.84 Å². The number of nitrogens with one attached hydrogen (secondary N) is 1. The maximum atomic E-state index is 11.3. The molecule has 0 heterocycles. The Morgan fingerprint density at radius 1 is 1.29 bits per heavy atom.